The lowest BCUT2D eigenvalue weighted by atomic mass is 10.4. The van der Waals surface area contributed by atoms with Crippen LogP contribution in [0.3, 0.4) is 0 Å². The van der Waals surface area contributed by atoms with Crippen LogP contribution in [0.2, 0.25) is 0 Å². The summed E-state index contributed by atoms with van der Waals surface area (Å²) in [5, 5.41) is 0. The number of carbonyl (C=O) groups excluding carboxylic acids is 1. The number of likely N-dealkylation sites (N-methyl/N-ethyl adjacent to an activating group) is 1. The molecule has 1 rings (SSSR count). The second kappa shape index (κ2) is 6.19. The van der Waals surface area contributed by atoms with Gasteiger partial charge in [0, 0.05) is 25.5 Å². The third-order valence-corrected chi connectivity index (χ3v) is 2.14. The number of rotatable bonds is 6. The Morgan fingerprint density at radius 2 is 2.40 bits per heavy atom. The Labute approximate surface area is 89.7 Å². The molecule has 15 heavy (non-hydrogen) atoms. The first-order valence-electron chi connectivity index (χ1n) is 4.93. The van der Waals surface area contributed by atoms with Crippen molar-refractivity contribution in [3.63, 3.8) is 0 Å². The number of methoxy groups -OCH3 is 1. The van der Waals surface area contributed by atoms with Gasteiger partial charge >= 0.3 is 5.97 Å². The molecule has 0 bridgehead atoms. The lowest BCUT2D eigenvalue weighted by Gasteiger charge is -2.14. The second-order valence-corrected chi connectivity index (χ2v) is 3.47. The molecule has 0 aliphatic carbocycles. The van der Waals surface area contributed by atoms with Crippen LogP contribution in [-0.4, -0.2) is 47.7 Å². The third-order valence-electron chi connectivity index (χ3n) is 2.14. The summed E-state index contributed by atoms with van der Waals surface area (Å²) in [6.45, 7) is 2.14. The molecular formula is C10H17N3O2. The predicted octanol–water partition coefficient (Wildman–Crippen LogP) is 0.378. The van der Waals surface area contributed by atoms with E-state index in [1.807, 2.05) is 22.7 Å². The van der Waals surface area contributed by atoms with Crippen LogP contribution in [0.5, 0.6) is 0 Å². The number of carbonyl (C=O) groups is 1. The van der Waals surface area contributed by atoms with Crippen molar-refractivity contribution in [3.05, 3.63) is 18.7 Å². The van der Waals surface area contributed by atoms with E-state index in [9.17, 15) is 4.79 Å². The van der Waals surface area contributed by atoms with E-state index in [0.717, 1.165) is 19.5 Å². The van der Waals surface area contributed by atoms with Crippen molar-refractivity contribution in [3.8, 4) is 0 Å². The first kappa shape index (κ1) is 11.7. The van der Waals surface area contributed by atoms with Gasteiger partial charge in [-0.1, -0.05) is 0 Å². The Morgan fingerprint density at radius 1 is 1.60 bits per heavy atom. The zero-order chi connectivity index (χ0) is 11.1. The molecule has 0 aliphatic heterocycles. The van der Waals surface area contributed by atoms with Crippen molar-refractivity contribution < 1.29 is 9.53 Å². The van der Waals surface area contributed by atoms with Gasteiger partial charge in [-0.3, -0.25) is 9.69 Å². The van der Waals surface area contributed by atoms with Gasteiger partial charge in [-0.25, -0.2) is 4.98 Å². The summed E-state index contributed by atoms with van der Waals surface area (Å²) >= 11 is 0. The van der Waals surface area contributed by atoms with E-state index < -0.39 is 0 Å². The van der Waals surface area contributed by atoms with E-state index in [1.54, 1.807) is 12.5 Å². The minimum absolute atomic E-state index is 0.194. The quantitative estimate of drug-likeness (QED) is 0.638. The van der Waals surface area contributed by atoms with E-state index in [2.05, 4.69) is 9.72 Å². The molecular weight excluding hydrogens is 194 g/mol. The fourth-order valence-corrected chi connectivity index (χ4v) is 1.31. The smallest absolute Gasteiger partial charge is 0.319 e. The minimum atomic E-state index is -0.194. The number of aryl methyl sites for hydroxylation is 1. The summed E-state index contributed by atoms with van der Waals surface area (Å²) in [5.74, 6) is -0.194. The fourth-order valence-electron chi connectivity index (χ4n) is 1.31. The van der Waals surface area contributed by atoms with E-state index in [-0.39, 0.29) is 5.97 Å². The first-order chi connectivity index (χ1) is 7.22. The van der Waals surface area contributed by atoms with Crippen LogP contribution >= 0.6 is 0 Å². The van der Waals surface area contributed by atoms with Gasteiger partial charge in [0.1, 0.15) is 0 Å². The third kappa shape index (κ3) is 4.60. The minimum Gasteiger partial charge on any atom is -0.468 e. The SMILES string of the molecule is COC(=O)CN(C)CCCn1ccnc1. The Hall–Kier alpha value is -1.36. The van der Waals surface area contributed by atoms with Crippen LogP contribution < -0.4 is 0 Å². The number of nitrogens with zero attached hydrogens (tertiary/aromatic N) is 3. The molecule has 5 heteroatoms. The van der Waals surface area contributed by atoms with Gasteiger partial charge in [-0.05, 0) is 13.5 Å². The molecule has 0 amide bonds. The lowest BCUT2D eigenvalue weighted by Crippen LogP contribution is -2.28. The molecule has 1 aromatic rings. The normalized spacial score (nSPS) is 10.6. The number of imidazole rings is 1. The molecule has 1 aromatic heterocycles. The Bertz CT molecular complexity index is 285. The monoisotopic (exact) mass is 211 g/mol. The highest BCUT2D eigenvalue weighted by molar-refractivity contribution is 5.71. The molecule has 5 nitrogen and oxygen atoms in total. The van der Waals surface area contributed by atoms with Crippen molar-refractivity contribution in [2.24, 2.45) is 0 Å². The van der Waals surface area contributed by atoms with Crippen molar-refractivity contribution >= 4 is 5.97 Å². The maximum atomic E-state index is 10.9. The molecule has 0 spiro atoms. The van der Waals surface area contributed by atoms with E-state index in [4.69, 9.17) is 0 Å². The van der Waals surface area contributed by atoms with Crippen LogP contribution in [0.15, 0.2) is 18.7 Å². The van der Waals surface area contributed by atoms with Crippen LogP contribution in [0, 0.1) is 0 Å². The van der Waals surface area contributed by atoms with Crippen molar-refractivity contribution in [2.75, 3.05) is 27.2 Å². The molecule has 0 atom stereocenters. The van der Waals surface area contributed by atoms with E-state index >= 15 is 0 Å². The van der Waals surface area contributed by atoms with Crippen molar-refractivity contribution in [1.29, 1.82) is 0 Å². The second-order valence-electron chi connectivity index (χ2n) is 3.47. The highest BCUT2D eigenvalue weighted by Gasteiger charge is 2.05. The zero-order valence-electron chi connectivity index (χ0n) is 9.22. The predicted molar refractivity (Wildman–Crippen MR) is 56.4 cm³/mol. The van der Waals surface area contributed by atoms with Gasteiger partial charge < -0.3 is 9.30 Å². The number of esters is 1. The molecule has 0 N–H and O–H groups in total. The Balaban J connectivity index is 2.12. The van der Waals surface area contributed by atoms with Crippen LogP contribution in [0.1, 0.15) is 6.42 Å². The Morgan fingerprint density at radius 3 is 3.00 bits per heavy atom. The highest BCUT2D eigenvalue weighted by Crippen LogP contribution is 1.93. The number of hydrogen-bond acceptors (Lipinski definition) is 4. The average molecular weight is 211 g/mol. The maximum absolute atomic E-state index is 10.9. The van der Waals surface area contributed by atoms with Crippen molar-refractivity contribution in [2.45, 2.75) is 13.0 Å². The molecule has 84 valence electrons. The molecule has 0 fully saturated rings. The summed E-state index contributed by atoms with van der Waals surface area (Å²) in [6.07, 6.45) is 6.47. The largest absolute Gasteiger partial charge is 0.468 e. The molecule has 0 radical (unpaired) electrons. The van der Waals surface area contributed by atoms with Crippen LogP contribution in [0.4, 0.5) is 0 Å². The number of hydrogen-bond donors (Lipinski definition) is 0. The Kier molecular flexibility index (Phi) is 4.83. The molecule has 0 unspecified atom stereocenters. The number of aromatic nitrogens is 2. The standard InChI is InChI=1S/C10H17N3O2/c1-12(8-10(14)15-2)5-3-6-13-7-4-11-9-13/h4,7,9H,3,5-6,8H2,1-2H3. The van der Waals surface area contributed by atoms with Gasteiger partial charge in [0.25, 0.3) is 0 Å². The molecule has 0 saturated carbocycles. The lowest BCUT2D eigenvalue weighted by molar-refractivity contribution is -0.141. The van der Waals surface area contributed by atoms with Gasteiger partial charge in [0.05, 0.1) is 20.0 Å². The summed E-state index contributed by atoms with van der Waals surface area (Å²) in [4.78, 5) is 16.8. The molecule has 0 aromatic carbocycles. The fraction of sp³-hybridized carbons (Fsp3) is 0.600. The van der Waals surface area contributed by atoms with Crippen LogP contribution in [-0.2, 0) is 16.1 Å². The first-order valence-corrected chi connectivity index (χ1v) is 4.93. The molecule has 0 saturated heterocycles. The van der Waals surface area contributed by atoms with Crippen molar-refractivity contribution in [1.82, 2.24) is 14.5 Å². The maximum Gasteiger partial charge on any atom is 0.319 e. The number of ether oxygens (including phenoxy) is 1. The highest BCUT2D eigenvalue weighted by atomic mass is 16.5. The summed E-state index contributed by atoms with van der Waals surface area (Å²) in [5.41, 5.74) is 0. The summed E-state index contributed by atoms with van der Waals surface area (Å²) in [6, 6.07) is 0. The topological polar surface area (TPSA) is 47.4 Å². The zero-order valence-corrected chi connectivity index (χ0v) is 9.22. The summed E-state index contributed by atoms with van der Waals surface area (Å²) < 4.78 is 6.60. The average Bonchev–Trinajstić information content (AvgIpc) is 2.70. The van der Waals surface area contributed by atoms with E-state index in [1.165, 1.54) is 7.11 Å². The van der Waals surface area contributed by atoms with Gasteiger partial charge in [-0.2, -0.15) is 0 Å². The van der Waals surface area contributed by atoms with Crippen LogP contribution in [0.25, 0.3) is 0 Å². The molecule has 1 heterocycles. The summed E-state index contributed by atoms with van der Waals surface area (Å²) in [7, 11) is 3.31. The molecule has 0 aliphatic rings. The van der Waals surface area contributed by atoms with Gasteiger partial charge in [-0.15, -0.1) is 0 Å². The van der Waals surface area contributed by atoms with E-state index in [0.29, 0.717) is 6.54 Å². The van der Waals surface area contributed by atoms with Gasteiger partial charge in [0.15, 0.2) is 0 Å². The van der Waals surface area contributed by atoms with Gasteiger partial charge in [0.2, 0.25) is 0 Å².